The van der Waals surface area contributed by atoms with E-state index in [2.05, 4.69) is 32.9 Å². The van der Waals surface area contributed by atoms with Crippen molar-refractivity contribution in [3.63, 3.8) is 0 Å². The van der Waals surface area contributed by atoms with Crippen LogP contribution in [0.2, 0.25) is 0 Å². The Morgan fingerprint density at radius 2 is 1.64 bits per heavy atom. The molecule has 0 heterocycles. The van der Waals surface area contributed by atoms with Gasteiger partial charge in [-0.3, -0.25) is 9.59 Å². The lowest BCUT2D eigenvalue weighted by atomic mass is 9.41. The van der Waals surface area contributed by atoms with Gasteiger partial charge in [0.05, 0.1) is 12.5 Å². The summed E-state index contributed by atoms with van der Waals surface area (Å²) in [4.78, 5) is 24.6. The van der Waals surface area contributed by atoms with E-state index in [0.29, 0.717) is 6.42 Å². The molecule has 0 radical (unpaired) electrons. The predicted molar refractivity (Wildman–Crippen MR) is 86.9 cm³/mol. The molecule has 0 amide bonds. The molecule has 1 saturated carbocycles. The Balaban J connectivity index is 2.70. The second-order valence-corrected chi connectivity index (χ2v) is 7.17. The van der Waals surface area contributed by atoms with Gasteiger partial charge < -0.3 is 4.74 Å². The highest BCUT2D eigenvalue weighted by Gasteiger charge is 2.67. The van der Waals surface area contributed by atoms with E-state index < -0.39 is 10.8 Å². The van der Waals surface area contributed by atoms with Crippen LogP contribution in [0.25, 0.3) is 0 Å². The van der Waals surface area contributed by atoms with Crippen LogP contribution < -0.4 is 0 Å². The average molecular weight is 302 g/mol. The fraction of sp³-hybridized carbons (Fsp3) is 0.579. The number of rotatable bonds is 3. The number of ether oxygens (including phenoxy) is 1. The predicted octanol–water partition coefficient (Wildman–Crippen LogP) is 3.66. The van der Waals surface area contributed by atoms with Gasteiger partial charge in [-0.05, 0) is 57.7 Å². The minimum atomic E-state index is -0.664. The van der Waals surface area contributed by atoms with Crippen LogP contribution in [-0.2, 0) is 19.7 Å². The van der Waals surface area contributed by atoms with Crippen LogP contribution in [0.5, 0.6) is 0 Å². The summed E-state index contributed by atoms with van der Waals surface area (Å²) in [5.41, 5.74) is 3.41. The highest BCUT2D eigenvalue weighted by Crippen LogP contribution is 2.63. The zero-order valence-electron chi connectivity index (χ0n) is 14.7. The molecule has 0 bridgehead atoms. The topological polar surface area (TPSA) is 43.4 Å². The maximum absolute atomic E-state index is 12.4. The second-order valence-electron chi connectivity index (χ2n) is 7.17. The Bertz CT molecular complexity index is 623. The first-order chi connectivity index (χ1) is 10.1. The Morgan fingerprint density at radius 1 is 1.14 bits per heavy atom. The minimum absolute atomic E-state index is 0.142. The third kappa shape index (κ3) is 2.02. The molecule has 0 saturated heterocycles. The van der Waals surface area contributed by atoms with Gasteiger partial charge in [-0.2, -0.15) is 0 Å². The first kappa shape index (κ1) is 16.7. The molecule has 1 aromatic carbocycles. The standard InChI is InChI=1S/C19H26O3/c1-11-8-12(2)16(13(3)9-11)19(6)15(14(4)20)10-18(19,5)17(21)22-7/h8-9,15H,10H2,1-7H3. The van der Waals surface area contributed by atoms with Crippen molar-refractivity contribution in [3.05, 3.63) is 34.4 Å². The molecule has 1 aromatic rings. The third-order valence-electron chi connectivity index (χ3n) is 5.78. The minimum Gasteiger partial charge on any atom is -0.469 e. The molecule has 3 unspecified atom stereocenters. The van der Waals surface area contributed by atoms with E-state index in [0.717, 1.165) is 16.7 Å². The van der Waals surface area contributed by atoms with E-state index in [1.165, 1.54) is 12.7 Å². The summed E-state index contributed by atoms with van der Waals surface area (Å²) in [7, 11) is 1.42. The maximum atomic E-state index is 12.4. The van der Waals surface area contributed by atoms with Crippen molar-refractivity contribution in [1.29, 1.82) is 0 Å². The number of carbonyl (C=O) groups is 2. The van der Waals surface area contributed by atoms with Crippen molar-refractivity contribution in [2.45, 2.75) is 53.4 Å². The molecule has 1 aliphatic rings. The van der Waals surface area contributed by atoms with Gasteiger partial charge in [-0.25, -0.2) is 0 Å². The molecule has 0 aliphatic heterocycles. The maximum Gasteiger partial charge on any atom is 0.312 e. The number of benzene rings is 1. The van der Waals surface area contributed by atoms with Crippen LogP contribution in [0.4, 0.5) is 0 Å². The first-order valence-corrected chi connectivity index (χ1v) is 7.76. The molecule has 3 nitrogen and oxygen atoms in total. The Morgan fingerprint density at radius 3 is 2.05 bits per heavy atom. The number of esters is 1. The highest BCUT2D eigenvalue weighted by molar-refractivity contribution is 5.89. The Kier molecular flexibility index (Phi) is 3.97. The van der Waals surface area contributed by atoms with Gasteiger partial charge >= 0.3 is 5.97 Å². The van der Waals surface area contributed by atoms with E-state index in [1.54, 1.807) is 6.92 Å². The number of methoxy groups -OCH3 is 1. The molecular formula is C19H26O3. The van der Waals surface area contributed by atoms with Gasteiger partial charge in [-0.1, -0.05) is 24.6 Å². The van der Waals surface area contributed by atoms with E-state index in [9.17, 15) is 9.59 Å². The average Bonchev–Trinajstić information content (AvgIpc) is 2.41. The number of carbonyl (C=O) groups excluding carboxylic acids is 2. The van der Waals surface area contributed by atoms with E-state index in [-0.39, 0.29) is 17.7 Å². The van der Waals surface area contributed by atoms with Crippen LogP contribution in [0.3, 0.4) is 0 Å². The zero-order valence-corrected chi connectivity index (χ0v) is 14.7. The van der Waals surface area contributed by atoms with Crippen LogP contribution in [-0.4, -0.2) is 18.9 Å². The fourth-order valence-corrected chi connectivity index (χ4v) is 4.60. The lowest BCUT2D eigenvalue weighted by Gasteiger charge is -2.60. The third-order valence-corrected chi connectivity index (χ3v) is 5.78. The SMILES string of the molecule is COC(=O)C1(C)CC(C(C)=O)C1(C)c1c(C)cc(C)cc1C. The van der Waals surface area contributed by atoms with Crippen LogP contribution in [0.15, 0.2) is 12.1 Å². The van der Waals surface area contributed by atoms with E-state index >= 15 is 0 Å². The molecule has 3 heteroatoms. The molecule has 0 N–H and O–H groups in total. The van der Waals surface area contributed by atoms with Crippen molar-refractivity contribution < 1.29 is 14.3 Å². The lowest BCUT2D eigenvalue weighted by Crippen LogP contribution is -2.64. The molecule has 1 aliphatic carbocycles. The molecule has 1 fully saturated rings. The molecule has 2 rings (SSSR count). The molecule has 3 atom stereocenters. The first-order valence-electron chi connectivity index (χ1n) is 7.76. The fourth-order valence-electron chi connectivity index (χ4n) is 4.60. The largest absolute Gasteiger partial charge is 0.469 e. The van der Waals surface area contributed by atoms with Gasteiger partial charge in [0.2, 0.25) is 0 Å². The molecular weight excluding hydrogens is 276 g/mol. The van der Waals surface area contributed by atoms with E-state index in [4.69, 9.17) is 4.74 Å². The van der Waals surface area contributed by atoms with Gasteiger partial charge in [0, 0.05) is 11.3 Å². The normalized spacial score (nSPS) is 30.6. The van der Waals surface area contributed by atoms with E-state index in [1.807, 2.05) is 13.8 Å². The van der Waals surface area contributed by atoms with Crippen LogP contribution in [0, 0.1) is 32.1 Å². The van der Waals surface area contributed by atoms with Gasteiger partial charge in [-0.15, -0.1) is 0 Å². The molecule has 0 spiro atoms. The number of hydrogen-bond donors (Lipinski definition) is 0. The van der Waals surface area contributed by atoms with Crippen LogP contribution >= 0.6 is 0 Å². The Labute approximate surface area is 133 Å². The Hall–Kier alpha value is -1.64. The monoisotopic (exact) mass is 302 g/mol. The number of hydrogen-bond acceptors (Lipinski definition) is 3. The molecule has 120 valence electrons. The number of Topliss-reactive ketones (excluding diaryl/α,β-unsaturated/α-hetero) is 1. The van der Waals surface area contributed by atoms with Crippen molar-refractivity contribution in [3.8, 4) is 0 Å². The molecule has 0 aromatic heterocycles. The molecule has 22 heavy (non-hydrogen) atoms. The quantitative estimate of drug-likeness (QED) is 0.800. The van der Waals surface area contributed by atoms with Gasteiger partial charge in [0.1, 0.15) is 5.78 Å². The summed E-state index contributed by atoms with van der Waals surface area (Å²) in [5, 5.41) is 0. The number of aryl methyl sites for hydroxylation is 3. The van der Waals surface area contributed by atoms with Crippen molar-refractivity contribution in [2.75, 3.05) is 7.11 Å². The summed E-state index contributed by atoms with van der Waals surface area (Å²) in [6.45, 7) is 11.8. The smallest absolute Gasteiger partial charge is 0.312 e. The zero-order chi connectivity index (χ0) is 16.9. The highest BCUT2D eigenvalue weighted by atomic mass is 16.5. The lowest BCUT2D eigenvalue weighted by molar-refractivity contribution is -0.175. The second kappa shape index (κ2) is 5.22. The number of ketones is 1. The summed E-state index contributed by atoms with van der Waals surface area (Å²) >= 11 is 0. The summed E-state index contributed by atoms with van der Waals surface area (Å²) in [5.74, 6) is -0.230. The van der Waals surface area contributed by atoms with Crippen molar-refractivity contribution in [1.82, 2.24) is 0 Å². The summed E-state index contributed by atoms with van der Waals surface area (Å²) in [6, 6.07) is 4.25. The van der Waals surface area contributed by atoms with Gasteiger partial charge in [0.15, 0.2) is 0 Å². The summed E-state index contributed by atoms with van der Waals surface area (Å²) in [6.07, 6.45) is 0.554. The van der Waals surface area contributed by atoms with Gasteiger partial charge in [0.25, 0.3) is 0 Å². The van der Waals surface area contributed by atoms with Crippen molar-refractivity contribution >= 4 is 11.8 Å². The van der Waals surface area contributed by atoms with Crippen molar-refractivity contribution in [2.24, 2.45) is 11.3 Å². The van der Waals surface area contributed by atoms with Crippen LogP contribution in [0.1, 0.15) is 49.4 Å². The summed E-state index contributed by atoms with van der Waals surface area (Å²) < 4.78 is 5.06.